The van der Waals surface area contributed by atoms with Crippen LogP contribution in [0.4, 0.5) is 0 Å². The first-order valence-corrected chi connectivity index (χ1v) is 5.48. The average Bonchev–Trinajstić information content (AvgIpc) is 2.19. The molecule has 1 rings (SSSR count). The van der Waals surface area contributed by atoms with Gasteiger partial charge in [0, 0.05) is 11.4 Å². The lowest BCUT2D eigenvalue weighted by Crippen LogP contribution is -1.97. The Morgan fingerprint density at radius 1 is 1.40 bits per heavy atom. The molecular formula is C12H12Cl2O. The predicted molar refractivity (Wildman–Crippen MR) is 64.8 cm³/mol. The molecule has 0 aliphatic rings. The Morgan fingerprint density at radius 2 is 2.13 bits per heavy atom. The van der Waals surface area contributed by atoms with E-state index in [0.29, 0.717) is 28.8 Å². The van der Waals surface area contributed by atoms with Crippen molar-refractivity contribution in [3.63, 3.8) is 0 Å². The second kappa shape index (κ2) is 5.90. The normalized spacial score (nSPS) is 9.73. The van der Waals surface area contributed by atoms with Crippen LogP contribution in [0, 0.1) is 12.3 Å². The first kappa shape index (κ1) is 12.2. The van der Waals surface area contributed by atoms with E-state index in [1.807, 2.05) is 13.0 Å². The molecule has 0 heterocycles. The largest absolute Gasteiger partial charge is 0.492 e. The highest BCUT2D eigenvalue weighted by atomic mass is 35.5. The van der Waals surface area contributed by atoms with Gasteiger partial charge in [-0.05, 0) is 31.0 Å². The third-order valence-corrected chi connectivity index (χ3v) is 2.41. The molecule has 0 radical (unpaired) electrons. The van der Waals surface area contributed by atoms with Crippen LogP contribution < -0.4 is 4.74 Å². The fourth-order valence-electron chi connectivity index (χ4n) is 1.31. The molecule has 0 atom stereocenters. The number of halogens is 2. The summed E-state index contributed by atoms with van der Waals surface area (Å²) in [6, 6.07) is 3.52. The Hall–Kier alpha value is -0.840. The minimum Gasteiger partial charge on any atom is -0.492 e. The van der Waals surface area contributed by atoms with E-state index in [1.54, 1.807) is 6.07 Å². The number of hydrogen-bond acceptors (Lipinski definition) is 1. The summed E-state index contributed by atoms with van der Waals surface area (Å²) in [7, 11) is 0. The Labute approximate surface area is 100 Å². The van der Waals surface area contributed by atoms with Gasteiger partial charge in [0.25, 0.3) is 0 Å². The van der Waals surface area contributed by atoms with Gasteiger partial charge >= 0.3 is 0 Å². The summed E-state index contributed by atoms with van der Waals surface area (Å²) in [4.78, 5) is 0. The van der Waals surface area contributed by atoms with Gasteiger partial charge in [0.2, 0.25) is 0 Å². The van der Waals surface area contributed by atoms with Crippen molar-refractivity contribution >= 4 is 23.2 Å². The van der Waals surface area contributed by atoms with Crippen LogP contribution in [0.2, 0.25) is 10.0 Å². The fourth-order valence-corrected chi connectivity index (χ4v) is 1.90. The van der Waals surface area contributed by atoms with Crippen molar-refractivity contribution in [2.24, 2.45) is 0 Å². The van der Waals surface area contributed by atoms with Crippen LogP contribution in [0.1, 0.15) is 18.9 Å². The maximum Gasteiger partial charge on any atom is 0.141 e. The predicted octanol–water partition coefficient (Wildman–Crippen LogP) is 3.96. The first-order valence-electron chi connectivity index (χ1n) is 4.73. The summed E-state index contributed by atoms with van der Waals surface area (Å²) in [6.07, 6.45) is 6.60. The number of hydrogen-bond donors (Lipinski definition) is 0. The molecule has 0 spiro atoms. The molecule has 80 valence electrons. The Balaban J connectivity index is 3.04. The summed E-state index contributed by atoms with van der Waals surface area (Å²) < 4.78 is 5.46. The summed E-state index contributed by atoms with van der Waals surface area (Å²) in [6.45, 7) is 2.49. The van der Waals surface area contributed by atoms with Gasteiger partial charge in [-0.1, -0.05) is 23.2 Å². The van der Waals surface area contributed by atoms with Gasteiger partial charge in [0.1, 0.15) is 5.75 Å². The van der Waals surface area contributed by atoms with Crippen LogP contribution in [0.15, 0.2) is 12.1 Å². The maximum atomic E-state index is 6.03. The molecule has 3 heteroatoms. The number of ether oxygens (including phenoxy) is 1. The van der Waals surface area contributed by atoms with Crippen molar-refractivity contribution in [3.8, 4) is 18.1 Å². The van der Waals surface area contributed by atoms with Gasteiger partial charge in [-0.3, -0.25) is 0 Å². The Kier molecular flexibility index (Phi) is 4.81. The van der Waals surface area contributed by atoms with Gasteiger partial charge in [0.05, 0.1) is 11.6 Å². The molecule has 0 aliphatic carbocycles. The van der Waals surface area contributed by atoms with Crippen LogP contribution >= 0.6 is 23.2 Å². The van der Waals surface area contributed by atoms with Gasteiger partial charge in [0.15, 0.2) is 0 Å². The molecule has 15 heavy (non-hydrogen) atoms. The van der Waals surface area contributed by atoms with E-state index in [0.717, 1.165) is 12.0 Å². The minimum absolute atomic E-state index is 0.538. The second-order valence-corrected chi connectivity index (χ2v) is 3.86. The molecule has 0 saturated heterocycles. The van der Waals surface area contributed by atoms with Gasteiger partial charge in [-0.25, -0.2) is 0 Å². The molecule has 0 N–H and O–H groups in total. The molecular weight excluding hydrogens is 231 g/mol. The van der Waals surface area contributed by atoms with Crippen LogP contribution in [0.25, 0.3) is 0 Å². The standard InChI is InChI=1S/C12H12Cl2O/c1-3-5-6-9-7-10(13)8-11(14)12(9)15-4-2/h1,7-8H,4-6H2,2H3. The third-order valence-electron chi connectivity index (χ3n) is 1.91. The van der Waals surface area contributed by atoms with E-state index in [1.165, 1.54) is 0 Å². The quantitative estimate of drug-likeness (QED) is 0.727. The molecule has 0 bridgehead atoms. The molecule has 1 aromatic rings. The lowest BCUT2D eigenvalue weighted by molar-refractivity contribution is 0.337. The smallest absolute Gasteiger partial charge is 0.141 e. The van der Waals surface area contributed by atoms with Gasteiger partial charge in [-0.15, -0.1) is 12.3 Å². The second-order valence-electron chi connectivity index (χ2n) is 3.01. The molecule has 0 unspecified atom stereocenters. The van der Waals surface area contributed by atoms with Crippen LogP contribution in [0.3, 0.4) is 0 Å². The lowest BCUT2D eigenvalue weighted by atomic mass is 10.1. The average molecular weight is 243 g/mol. The SMILES string of the molecule is C#CCCc1cc(Cl)cc(Cl)c1OCC. The molecule has 0 saturated carbocycles. The molecule has 0 amide bonds. The van der Waals surface area contributed by atoms with Crippen molar-refractivity contribution < 1.29 is 4.74 Å². The van der Waals surface area contributed by atoms with Crippen LogP contribution in [-0.2, 0) is 6.42 Å². The summed E-state index contributed by atoms with van der Waals surface area (Å²) >= 11 is 11.9. The highest BCUT2D eigenvalue weighted by molar-refractivity contribution is 6.35. The summed E-state index contributed by atoms with van der Waals surface area (Å²) in [5.41, 5.74) is 0.965. The monoisotopic (exact) mass is 242 g/mol. The maximum absolute atomic E-state index is 6.03. The van der Waals surface area contributed by atoms with E-state index >= 15 is 0 Å². The zero-order chi connectivity index (χ0) is 11.3. The van der Waals surface area contributed by atoms with Crippen molar-refractivity contribution in [1.82, 2.24) is 0 Å². The summed E-state index contributed by atoms with van der Waals surface area (Å²) in [5.74, 6) is 3.28. The number of rotatable bonds is 4. The van der Waals surface area contributed by atoms with E-state index in [9.17, 15) is 0 Å². The number of aryl methyl sites for hydroxylation is 1. The Bertz CT molecular complexity index is 380. The van der Waals surface area contributed by atoms with E-state index < -0.39 is 0 Å². The highest BCUT2D eigenvalue weighted by Gasteiger charge is 2.09. The first-order chi connectivity index (χ1) is 7.19. The summed E-state index contributed by atoms with van der Waals surface area (Å²) in [5, 5.41) is 1.15. The molecule has 0 aromatic heterocycles. The van der Waals surface area contributed by atoms with Crippen LogP contribution in [-0.4, -0.2) is 6.61 Å². The number of terminal acetylenes is 1. The van der Waals surface area contributed by atoms with Gasteiger partial charge < -0.3 is 4.74 Å². The lowest BCUT2D eigenvalue weighted by Gasteiger charge is -2.11. The molecule has 1 nitrogen and oxygen atoms in total. The van der Waals surface area contributed by atoms with Crippen molar-refractivity contribution in [2.45, 2.75) is 19.8 Å². The van der Waals surface area contributed by atoms with E-state index in [4.69, 9.17) is 34.4 Å². The molecule has 1 aromatic carbocycles. The topological polar surface area (TPSA) is 9.23 Å². The zero-order valence-electron chi connectivity index (χ0n) is 8.52. The minimum atomic E-state index is 0.538. The van der Waals surface area contributed by atoms with Gasteiger partial charge in [-0.2, -0.15) is 0 Å². The molecule has 0 aliphatic heterocycles. The van der Waals surface area contributed by atoms with Crippen molar-refractivity contribution in [3.05, 3.63) is 27.7 Å². The zero-order valence-corrected chi connectivity index (χ0v) is 10.0. The molecule has 0 fully saturated rings. The number of benzene rings is 1. The van der Waals surface area contributed by atoms with Crippen LogP contribution in [0.5, 0.6) is 5.75 Å². The van der Waals surface area contributed by atoms with E-state index in [2.05, 4.69) is 5.92 Å². The highest BCUT2D eigenvalue weighted by Crippen LogP contribution is 2.33. The van der Waals surface area contributed by atoms with E-state index in [-0.39, 0.29) is 0 Å². The Morgan fingerprint density at radius 3 is 2.73 bits per heavy atom. The van der Waals surface area contributed by atoms with Crippen molar-refractivity contribution in [1.29, 1.82) is 0 Å². The third kappa shape index (κ3) is 3.34. The van der Waals surface area contributed by atoms with Crippen molar-refractivity contribution in [2.75, 3.05) is 6.61 Å². The fraction of sp³-hybridized carbons (Fsp3) is 0.333.